The van der Waals surface area contributed by atoms with Crippen LogP contribution in [-0.4, -0.2) is 160 Å². The number of Topliss-reactive ketones (excluding diaryl/α,β-unsaturated/α-hetero) is 3. The molecule has 1 aromatic carbocycles. The van der Waals surface area contributed by atoms with Gasteiger partial charge in [0.15, 0.2) is 11.6 Å². The SMILES string of the molecule is [3H]C(=O)[C@H](CSCC(=O)N[C@@H](CCCCNC(=O)COCCOCC(=O)COCCOCCNC(=O)CC[C@H](CC(=O)CCCCCCCCCOc1ccc(C(C)=O)cc1)C(=O)O)C(=O)O)NP. The number of ketones is 3. The monoisotopic (exact) mass is 1000 g/mol. The van der Waals surface area contributed by atoms with Crippen molar-refractivity contribution in [3.05, 3.63) is 29.8 Å². The number of thioether (sulfide) groups is 1. The number of unbranched alkanes of at least 4 members (excludes halogenated alkanes) is 7. The molecule has 0 heterocycles. The lowest BCUT2D eigenvalue weighted by molar-refractivity contribution is -0.144. The fraction of sp³-hybridized carbons (Fsp3) is 0.674. The fourth-order valence-electron chi connectivity index (χ4n) is 6.18. The summed E-state index contributed by atoms with van der Waals surface area (Å²) in [6.07, 6.45) is 7.04. The van der Waals surface area contributed by atoms with Crippen LogP contribution < -0.4 is 25.8 Å². The van der Waals surface area contributed by atoms with E-state index in [9.17, 15) is 53.4 Å². The number of aldehydes is 1. The molecule has 0 spiro atoms. The molecule has 20 nitrogen and oxygen atoms in total. The molecule has 0 aliphatic carbocycles. The van der Waals surface area contributed by atoms with Crippen molar-refractivity contribution in [3.63, 3.8) is 0 Å². The predicted octanol–water partition coefficient (Wildman–Crippen LogP) is 3.12. The standard InChI is InChI=1S/C46H73N4O16PS/c1-34(52)35-13-16-40(17-14-35)66-21-10-6-4-2-3-5-7-11-38(53)27-36(45(58)59)15-18-42(55)48-20-22-62-23-24-63-29-39(54)30-64-25-26-65-31-43(56)47-19-9-8-12-41(46(60)61)49-44(57)33-68-32-37(28-51)50-67/h13-14,16-17,28,36-37,41,50H,2-12,15,18-27,29-33,67H2,1H3,(H,47,56)(H,48,55)(H,49,57)(H,58,59)(H,60,61)/t36-,37-,41+/m1/s1/i28T. The molecular formula is C46H73N4O16PS. The number of carbonyl (C=O) groups excluding carboxylic acids is 7. The molecule has 0 aliphatic heterocycles. The first-order valence-electron chi connectivity index (χ1n) is 23.5. The number of carboxylic acid groups (broad SMARTS) is 2. The average Bonchev–Trinajstić information content (AvgIpc) is 3.30. The molecule has 0 radical (unpaired) electrons. The molecule has 384 valence electrons. The smallest absolute Gasteiger partial charge is 0.326 e. The highest BCUT2D eigenvalue weighted by Crippen LogP contribution is 2.17. The Kier molecular flexibility index (Phi) is 35.6. The van der Waals surface area contributed by atoms with Gasteiger partial charge in [0.25, 0.3) is 0 Å². The van der Waals surface area contributed by atoms with Crippen LogP contribution in [0.3, 0.4) is 0 Å². The Morgan fingerprint density at radius 1 is 0.676 bits per heavy atom. The van der Waals surface area contributed by atoms with Crippen LogP contribution in [0.2, 0.25) is 0 Å². The van der Waals surface area contributed by atoms with E-state index in [1.54, 1.807) is 24.3 Å². The number of nitrogens with one attached hydrogen (secondary N) is 4. The third-order valence-electron chi connectivity index (χ3n) is 9.98. The number of aliphatic carboxylic acids is 2. The molecular weight excluding hydrogens is 928 g/mol. The van der Waals surface area contributed by atoms with Crippen LogP contribution in [0.4, 0.5) is 0 Å². The van der Waals surface area contributed by atoms with Crippen LogP contribution in [0.5, 0.6) is 5.75 Å². The number of amides is 3. The lowest BCUT2D eigenvalue weighted by Crippen LogP contribution is -2.42. The van der Waals surface area contributed by atoms with Crippen LogP contribution in [-0.2, 0) is 57.3 Å². The highest BCUT2D eigenvalue weighted by Gasteiger charge is 2.22. The van der Waals surface area contributed by atoms with E-state index >= 15 is 0 Å². The zero-order chi connectivity index (χ0) is 51.1. The quantitative estimate of drug-likeness (QED) is 0.0237. The second kappa shape index (κ2) is 40.5. The van der Waals surface area contributed by atoms with Crippen LogP contribution in [0.1, 0.15) is 109 Å². The van der Waals surface area contributed by atoms with Crippen LogP contribution in [0.25, 0.3) is 0 Å². The Balaban J connectivity index is 1.98. The minimum Gasteiger partial charge on any atom is -0.494 e. The van der Waals surface area contributed by atoms with Gasteiger partial charge in [-0.1, -0.05) is 41.5 Å². The number of hydrogen-bond donors (Lipinski definition) is 6. The summed E-state index contributed by atoms with van der Waals surface area (Å²) in [6, 6.07) is 5.24. The first kappa shape index (κ1) is 59.8. The van der Waals surface area contributed by atoms with Gasteiger partial charge in [-0.3, -0.25) is 38.6 Å². The molecule has 68 heavy (non-hydrogen) atoms. The summed E-state index contributed by atoms with van der Waals surface area (Å²) in [4.78, 5) is 107. The number of benzene rings is 1. The summed E-state index contributed by atoms with van der Waals surface area (Å²) in [5.74, 6) is -4.04. The Morgan fingerprint density at radius 3 is 1.91 bits per heavy atom. The summed E-state index contributed by atoms with van der Waals surface area (Å²) in [5, 5.41) is 29.3. The van der Waals surface area contributed by atoms with Gasteiger partial charge in [0.2, 0.25) is 17.7 Å². The van der Waals surface area contributed by atoms with Gasteiger partial charge in [-0.25, -0.2) is 4.79 Å². The Hall–Kier alpha value is -4.37. The summed E-state index contributed by atoms with van der Waals surface area (Å²) >= 11 is 1.10. The zero-order valence-electron chi connectivity index (χ0n) is 40.2. The average molecular weight is 1000 g/mol. The van der Waals surface area contributed by atoms with Gasteiger partial charge < -0.3 is 54.6 Å². The molecule has 0 aliphatic rings. The maximum absolute atomic E-state index is 12.5. The first-order chi connectivity index (χ1) is 33.1. The van der Waals surface area contributed by atoms with Crippen molar-refractivity contribution in [3.8, 4) is 5.75 Å². The molecule has 6 N–H and O–H groups in total. The van der Waals surface area contributed by atoms with Crippen LogP contribution in [0.15, 0.2) is 24.3 Å². The molecule has 0 fully saturated rings. The summed E-state index contributed by atoms with van der Waals surface area (Å²) < 4.78 is 34.0. The molecule has 0 saturated carbocycles. The molecule has 1 unspecified atom stereocenters. The second-order valence-electron chi connectivity index (χ2n) is 15.8. The number of carbonyl (C=O) groups is 9. The predicted molar refractivity (Wildman–Crippen MR) is 257 cm³/mol. The van der Waals surface area contributed by atoms with E-state index < -0.39 is 42.1 Å². The second-order valence-corrected chi connectivity index (χ2v) is 17.1. The highest BCUT2D eigenvalue weighted by molar-refractivity contribution is 8.00. The Labute approximate surface area is 407 Å². The zero-order valence-corrected chi connectivity index (χ0v) is 41.2. The van der Waals surface area contributed by atoms with Gasteiger partial charge in [0, 0.05) is 43.7 Å². The van der Waals surface area contributed by atoms with E-state index in [1.165, 1.54) is 6.92 Å². The van der Waals surface area contributed by atoms with Crippen molar-refractivity contribution in [1.82, 2.24) is 21.0 Å². The van der Waals surface area contributed by atoms with Crippen molar-refractivity contribution in [2.75, 3.05) is 84.1 Å². The third kappa shape index (κ3) is 34.0. The Morgan fingerprint density at radius 2 is 1.29 bits per heavy atom. The van der Waals surface area contributed by atoms with Crippen LogP contribution >= 0.6 is 21.2 Å². The van der Waals surface area contributed by atoms with E-state index in [-0.39, 0.29) is 132 Å². The maximum Gasteiger partial charge on any atom is 0.326 e. The van der Waals surface area contributed by atoms with E-state index in [2.05, 4.69) is 30.4 Å². The van der Waals surface area contributed by atoms with E-state index in [0.29, 0.717) is 37.9 Å². The lowest BCUT2D eigenvalue weighted by atomic mass is 9.94. The van der Waals surface area contributed by atoms with Crippen molar-refractivity contribution in [2.24, 2.45) is 5.92 Å². The fourth-order valence-corrected chi connectivity index (χ4v) is 7.32. The van der Waals surface area contributed by atoms with E-state index in [4.69, 9.17) is 25.1 Å². The van der Waals surface area contributed by atoms with Gasteiger partial charge in [0.05, 0.1) is 57.4 Å². The summed E-state index contributed by atoms with van der Waals surface area (Å²) in [5.41, 5.74) is 0.654. The van der Waals surface area contributed by atoms with Crippen molar-refractivity contribution in [2.45, 2.75) is 109 Å². The normalized spacial score (nSPS) is 12.5. The molecule has 3 amide bonds. The molecule has 1 rings (SSSR count). The van der Waals surface area contributed by atoms with Gasteiger partial charge in [-0.15, -0.1) is 11.8 Å². The highest BCUT2D eigenvalue weighted by atomic mass is 32.2. The van der Waals surface area contributed by atoms with E-state index in [1.807, 2.05) is 0 Å². The molecule has 0 aromatic heterocycles. The van der Waals surface area contributed by atoms with Gasteiger partial charge in [-0.05, 0) is 69.7 Å². The molecule has 4 atom stereocenters. The minimum absolute atomic E-state index is 0.0180. The van der Waals surface area contributed by atoms with Gasteiger partial charge >= 0.3 is 11.9 Å². The number of hydrogen-bond acceptors (Lipinski definition) is 16. The first-order valence-corrected chi connectivity index (χ1v) is 24.8. The number of carboxylic acids is 2. The summed E-state index contributed by atoms with van der Waals surface area (Å²) in [7, 11) is 2.14. The van der Waals surface area contributed by atoms with Crippen molar-refractivity contribution < 1.29 is 78.4 Å². The molecule has 22 heteroatoms. The molecule has 1 aromatic rings. The molecule has 0 saturated heterocycles. The maximum atomic E-state index is 12.5. The molecule has 0 bridgehead atoms. The number of ether oxygens (including phenoxy) is 5. The van der Waals surface area contributed by atoms with Crippen molar-refractivity contribution in [1.29, 1.82) is 0 Å². The van der Waals surface area contributed by atoms with Gasteiger partial charge in [0.1, 0.15) is 45.0 Å². The van der Waals surface area contributed by atoms with Crippen LogP contribution in [0, 0.1) is 5.92 Å². The largest absolute Gasteiger partial charge is 0.494 e. The third-order valence-corrected chi connectivity index (χ3v) is 11.4. The van der Waals surface area contributed by atoms with Gasteiger partial charge in [-0.2, -0.15) is 0 Å². The topological polar surface area (TPSA) is 288 Å². The minimum atomic E-state index is -1.19. The van der Waals surface area contributed by atoms with Crippen molar-refractivity contribution >= 4 is 74.4 Å². The Bertz CT molecular complexity index is 1710. The van der Waals surface area contributed by atoms with E-state index in [0.717, 1.165) is 56.0 Å². The number of rotatable bonds is 46. The summed E-state index contributed by atoms with van der Waals surface area (Å²) in [6.45, 7) is 2.49. The lowest BCUT2D eigenvalue weighted by Gasteiger charge is -2.15.